The number of aromatic nitrogens is 3. The van der Waals surface area contributed by atoms with E-state index in [0.29, 0.717) is 34.9 Å². The van der Waals surface area contributed by atoms with Gasteiger partial charge in [0, 0.05) is 53.9 Å². The van der Waals surface area contributed by atoms with Crippen LogP contribution in [0.5, 0.6) is 5.75 Å². The Kier molecular flexibility index (Phi) is 7.88. The highest BCUT2D eigenvalue weighted by Crippen LogP contribution is 2.32. The average Bonchev–Trinajstić information content (AvgIpc) is 2.95. The normalized spacial score (nSPS) is 14.7. The van der Waals surface area contributed by atoms with Gasteiger partial charge in [-0.2, -0.15) is 5.26 Å². The van der Waals surface area contributed by atoms with Crippen LogP contribution in [0.4, 0.5) is 5.82 Å². The molecule has 1 fully saturated rings. The van der Waals surface area contributed by atoms with Gasteiger partial charge in [0.1, 0.15) is 23.3 Å². The van der Waals surface area contributed by atoms with Crippen molar-refractivity contribution in [3.05, 3.63) is 72.1 Å². The van der Waals surface area contributed by atoms with Crippen LogP contribution in [0, 0.1) is 23.7 Å². The van der Waals surface area contributed by atoms with Crippen LogP contribution < -0.4 is 20.7 Å². The van der Waals surface area contributed by atoms with Crippen molar-refractivity contribution in [1.82, 2.24) is 20.3 Å². The zero-order chi connectivity index (χ0) is 27.1. The molecule has 0 unspecified atom stereocenters. The molecule has 0 atom stereocenters. The number of carbonyl (C=O) groups is 1. The van der Waals surface area contributed by atoms with E-state index in [-0.39, 0.29) is 17.0 Å². The van der Waals surface area contributed by atoms with Crippen LogP contribution >= 0.6 is 0 Å². The molecule has 4 heterocycles. The molecule has 1 aliphatic rings. The second-order valence-corrected chi connectivity index (χ2v) is 9.18. The third-order valence-corrected chi connectivity index (χ3v) is 6.54. The lowest BCUT2D eigenvalue weighted by Gasteiger charge is -2.40. The van der Waals surface area contributed by atoms with Gasteiger partial charge < -0.3 is 20.7 Å². The van der Waals surface area contributed by atoms with E-state index in [4.69, 9.17) is 16.9 Å². The maximum atomic E-state index is 12.7. The number of nitrogens with one attached hydrogen (secondary N) is 1. The number of ether oxygens (including phenoxy) is 1. The predicted octanol–water partition coefficient (Wildman–Crippen LogP) is 3.53. The molecular formula is C29H29N7O2. The van der Waals surface area contributed by atoms with Crippen LogP contribution in [0.1, 0.15) is 48.4 Å². The van der Waals surface area contributed by atoms with Gasteiger partial charge in [-0.1, -0.05) is 5.92 Å². The zero-order valence-electron chi connectivity index (χ0n) is 21.4. The maximum absolute atomic E-state index is 12.7. The summed E-state index contributed by atoms with van der Waals surface area (Å²) in [7, 11) is 0. The summed E-state index contributed by atoms with van der Waals surface area (Å²) in [5, 5.41) is 12.6. The molecule has 3 N–H and O–H groups in total. The minimum atomic E-state index is -0.359. The molecule has 0 aromatic carbocycles. The Hall–Kier alpha value is -4.89. The molecule has 9 nitrogen and oxygen atoms in total. The Morgan fingerprint density at radius 3 is 2.58 bits per heavy atom. The Labute approximate surface area is 222 Å². The molecule has 1 amide bonds. The van der Waals surface area contributed by atoms with Gasteiger partial charge in [0.15, 0.2) is 0 Å². The highest BCUT2D eigenvalue weighted by Gasteiger charge is 2.32. The molecule has 0 radical (unpaired) electrons. The van der Waals surface area contributed by atoms with Gasteiger partial charge in [0.25, 0.3) is 5.91 Å². The number of nitrogens with two attached hydrogens (primary N) is 1. The molecule has 0 spiro atoms. The SMILES string of the molecule is C#Cc1ccc(C(=O)NC2(C)CCN(c3ccc(-c4cc(OCC)cnc4C(C#N)=CN)cn3)CC2)nc1. The largest absolute Gasteiger partial charge is 0.492 e. The number of carbonyl (C=O) groups excluding carboxylic acids is 1. The molecule has 0 saturated carbocycles. The van der Waals surface area contributed by atoms with Crippen LogP contribution in [-0.4, -0.2) is 46.1 Å². The van der Waals surface area contributed by atoms with Crippen molar-refractivity contribution in [2.75, 3.05) is 24.6 Å². The standard InChI is InChI=1S/C29H29N7O2/c1-4-20-6-8-25(32-17-20)28(37)35-29(3)10-12-36(13-11-29)26-9-7-21(18-33-26)24-14-23(38-5-2)19-34-27(24)22(15-30)16-31/h1,6-9,14-15,17-19H,5,10-13,30H2,2-3H3,(H,35,37). The Morgan fingerprint density at radius 1 is 1.21 bits per heavy atom. The van der Waals surface area contributed by atoms with Gasteiger partial charge in [0.05, 0.1) is 24.1 Å². The number of anilines is 1. The number of terminal acetylenes is 1. The first-order valence-electron chi connectivity index (χ1n) is 12.3. The number of nitrogens with zero attached hydrogens (tertiary/aromatic N) is 5. The number of allylic oxidation sites excluding steroid dienone is 1. The third kappa shape index (κ3) is 5.74. The summed E-state index contributed by atoms with van der Waals surface area (Å²) in [5.74, 6) is 3.72. The molecule has 1 saturated heterocycles. The summed E-state index contributed by atoms with van der Waals surface area (Å²) in [4.78, 5) is 28.2. The maximum Gasteiger partial charge on any atom is 0.270 e. The number of nitriles is 1. The van der Waals surface area contributed by atoms with Gasteiger partial charge in [-0.05, 0) is 57.0 Å². The van der Waals surface area contributed by atoms with E-state index in [0.717, 1.165) is 37.3 Å². The molecule has 192 valence electrons. The molecule has 3 aromatic heterocycles. The van der Waals surface area contributed by atoms with Crippen molar-refractivity contribution in [1.29, 1.82) is 5.26 Å². The van der Waals surface area contributed by atoms with E-state index in [2.05, 4.69) is 37.2 Å². The molecule has 4 rings (SSSR count). The van der Waals surface area contributed by atoms with E-state index >= 15 is 0 Å². The van der Waals surface area contributed by atoms with E-state index in [1.165, 1.54) is 12.4 Å². The molecule has 38 heavy (non-hydrogen) atoms. The number of hydrogen-bond donors (Lipinski definition) is 2. The minimum absolute atomic E-state index is 0.214. The summed E-state index contributed by atoms with van der Waals surface area (Å²) in [6.45, 7) is 5.90. The van der Waals surface area contributed by atoms with Crippen molar-refractivity contribution < 1.29 is 9.53 Å². The lowest BCUT2D eigenvalue weighted by atomic mass is 9.89. The summed E-state index contributed by atoms with van der Waals surface area (Å²) < 4.78 is 5.61. The smallest absolute Gasteiger partial charge is 0.270 e. The van der Waals surface area contributed by atoms with Crippen LogP contribution in [-0.2, 0) is 0 Å². The Morgan fingerprint density at radius 2 is 2.00 bits per heavy atom. The number of rotatable bonds is 7. The lowest BCUT2D eigenvalue weighted by Crippen LogP contribution is -2.53. The van der Waals surface area contributed by atoms with E-state index < -0.39 is 0 Å². The van der Waals surface area contributed by atoms with E-state index in [1.54, 1.807) is 24.5 Å². The predicted molar refractivity (Wildman–Crippen MR) is 146 cm³/mol. The molecule has 3 aromatic rings. The van der Waals surface area contributed by atoms with Gasteiger partial charge in [-0.25, -0.2) is 9.97 Å². The van der Waals surface area contributed by atoms with Crippen LogP contribution in [0.3, 0.4) is 0 Å². The van der Waals surface area contributed by atoms with Crippen molar-refractivity contribution in [2.45, 2.75) is 32.2 Å². The summed E-state index contributed by atoms with van der Waals surface area (Å²) >= 11 is 0. The fraction of sp³-hybridized carbons (Fsp3) is 0.276. The highest BCUT2D eigenvalue weighted by molar-refractivity contribution is 5.92. The van der Waals surface area contributed by atoms with Crippen molar-refractivity contribution in [3.63, 3.8) is 0 Å². The topological polar surface area (TPSA) is 130 Å². The van der Waals surface area contributed by atoms with E-state index in [1.807, 2.05) is 32.0 Å². The summed E-state index contributed by atoms with van der Waals surface area (Å²) in [5.41, 5.74) is 8.54. The van der Waals surface area contributed by atoms with Crippen molar-refractivity contribution >= 4 is 17.3 Å². The van der Waals surface area contributed by atoms with Gasteiger partial charge in [-0.15, -0.1) is 6.42 Å². The van der Waals surface area contributed by atoms with E-state index in [9.17, 15) is 10.1 Å². The monoisotopic (exact) mass is 507 g/mol. The first kappa shape index (κ1) is 26.2. The van der Waals surface area contributed by atoms with Crippen LogP contribution in [0.2, 0.25) is 0 Å². The second-order valence-electron chi connectivity index (χ2n) is 9.18. The second kappa shape index (κ2) is 11.4. The Bertz CT molecular complexity index is 1410. The van der Waals surface area contributed by atoms with Gasteiger partial charge >= 0.3 is 0 Å². The van der Waals surface area contributed by atoms with Gasteiger partial charge in [0.2, 0.25) is 0 Å². The zero-order valence-corrected chi connectivity index (χ0v) is 21.4. The third-order valence-electron chi connectivity index (χ3n) is 6.54. The van der Waals surface area contributed by atoms with Crippen molar-refractivity contribution in [2.24, 2.45) is 5.73 Å². The first-order valence-corrected chi connectivity index (χ1v) is 12.3. The molecule has 9 heteroatoms. The minimum Gasteiger partial charge on any atom is -0.492 e. The number of amides is 1. The first-order chi connectivity index (χ1) is 18.4. The number of piperidine rings is 1. The fourth-order valence-corrected chi connectivity index (χ4v) is 4.33. The summed E-state index contributed by atoms with van der Waals surface area (Å²) in [6, 6.07) is 11.2. The molecule has 1 aliphatic heterocycles. The lowest BCUT2D eigenvalue weighted by molar-refractivity contribution is 0.0886. The fourth-order valence-electron chi connectivity index (χ4n) is 4.33. The Balaban J connectivity index is 1.46. The molecular weight excluding hydrogens is 478 g/mol. The average molecular weight is 508 g/mol. The highest BCUT2D eigenvalue weighted by atomic mass is 16.5. The van der Waals surface area contributed by atoms with Crippen LogP contribution in [0.25, 0.3) is 16.7 Å². The number of hydrogen-bond acceptors (Lipinski definition) is 8. The van der Waals surface area contributed by atoms with Crippen molar-refractivity contribution in [3.8, 4) is 35.3 Å². The summed E-state index contributed by atoms with van der Waals surface area (Å²) in [6.07, 6.45) is 13.0. The van der Waals surface area contributed by atoms with Gasteiger partial charge in [-0.3, -0.25) is 9.78 Å². The number of pyridine rings is 3. The van der Waals surface area contributed by atoms with Crippen LogP contribution in [0.15, 0.2) is 55.1 Å². The molecule has 0 bridgehead atoms. The molecule has 0 aliphatic carbocycles. The quantitative estimate of drug-likeness (QED) is 0.367.